The maximum atomic E-state index is 12.8. The highest BCUT2D eigenvalue weighted by molar-refractivity contribution is 7.98. The normalized spacial score (nSPS) is 11.1. The molecule has 1 N–H and O–H groups in total. The van der Waals surface area contributed by atoms with E-state index in [2.05, 4.69) is 16.9 Å². The molecule has 0 aliphatic heterocycles. The van der Waals surface area contributed by atoms with Gasteiger partial charge in [-0.2, -0.15) is 0 Å². The average Bonchev–Trinajstić information content (AvgIpc) is 2.74. The monoisotopic (exact) mass is 429 g/mol. The maximum Gasteiger partial charge on any atom is 0.262 e. The number of benzene rings is 3. The van der Waals surface area contributed by atoms with E-state index in [4.69, 9.17) is 9.47 Å². The molecule has 3 aromatic carbocycles. The average molecular weight is 430 g/mol. The van der Waals surface area contributed by atoms with Crippen LogP contribution in [0.3, 0.4) is 0 Å². The van der Waals surface area contributed by atoms with Crippen molar-refractivity contribution in [3.05, 3.63) is 77.9 Å². The van der Waals surface area contributed by atoms with E-state index in [9.17, 15) is 8.42 Å². The molecule has 0 saturated heterocycles. The molecule has 0 atom stereocenters. The van der Waals surface area contributed by atoms with Crippen LogP contribution in [0, 0.1) is 6.92 Å². The van der Waals surface area contributed by atoms with E-state index in [1.165, 1.54) is 31.2 Å². The van der Waals surface area contributed by atoms with Crippen LogP contribution in [0.2, 0.25) is 0 Å². The SMILES string of the molecule is COc1ccc(S(=O)(=O)Nc2ccc(CSc3ccccc3)cc2C)cc1OC. The predicted molar refractivity (Wildman–Crippen MR) is 118 cm³/mol. The van der Waals surface area contributed by atoms with Gasteiger partial charge in [-0.25, -0.2) is 8.42 Å². The molecule has 0 aliphatic carbocycles. The maximum absolute atomic E-state index is 12.8. The van der Waals surface area contributed by atoms with Crippen LogP contribution in [0.25, 0.3) is 0 Å². The summed E-state index contributed by atoms with van der Waals surface area (Å²) in [5, 5.41) is 0. The second-order valence-electron chi connectivity index (χ2n) is 6.37. The molecule has 0 fully saturated rings. The number of aryl methyl sites for hydroxylation is 1. The Balaban J connectivity index is 1.75. The lowest BCUT2D eigenvalue weighted by Crippen LogP contribution is -2.14. The molecule has 0 unspecified atom stereocenters. The third kappa shape index (κ3) is 5.25. The molecule has 0 heterocycles. The second-order valence-corrected chi connectivity index (χ2v) is 9.10. The van der Waals surface area contributed by atoms with E-state index in [1.807, 2.05) is 37.3 Å². The Kier molecular flexibility index (Phi) is 6.71. The highest BCUT2D eigenvalue weighted by Crippen LogP contribution is 2.31. The predicted octanol–water partition coefficient (Wildman–Crippen LogP) is 5.11. The third-order valence-corrected chi connectivity index (χ3v) is 6.80. The molecule has 0 aliphatic rings. The van der Waals surface area contributed by atoms with Crippen LogP contribution >= 0.6 is 11.8 Å². The first-order chi connectivity index (χ1) is 13.9. The van der Waals surface area contributed by atoms with Crippen LogP contribution in [-0.2, 0) is 15.8 Å². The first-order valence-corrected chi connectivity index (χ1v) is 11.4. The molecule has 0 saturated carbocycles. The lowest BCUT2D eigenvalue weighted by molar-refractivity contribution is 0.354. The van der Waals surface area contributed by atoms with Crippen LogP contribution in [0.15, 0.2) is 76.5 Å². The van der Waals surface area contributed by atoms with Crippen molar-refractivity contribution in [2.24, 2.45) is 0 Å². The Labute approximate surface area is 176 Å². The van der Waals surface area contributed by atoms with Crippen molar-refractivity contribution >= 4 is 27.5 Å². The minimum Gasteiger partial charge on any atom is -0.493 e. The lowest BCUT2D eigenvalue weighted by atomic mass is 10.1. The van der Waals surface area contributed by atoms with Gasteiger partial charge in [0.25, 0.3) is 10.0 Å². The molecule has 152 valence electrons. The molecule has 0 spiro atoms. The number of thioether (sulfide) groups is 1. The summed E-state index contributed by atoms with van der Waals surface area (Å²) in [7, 11) is -0.777. The third-order valence-electron chi connectivity index (χ3n) is 4.35. The second kappa shape index (κ2) is 9.24. The van der Waals surface area contributed by atoms with Crippen molar-refractivity contribution in [1.29, 1.82) is 0 Å². The zero-order chi connectivity index (χ0) is 20.9. The lowest BCUT2D eigenvalue weighted by Gasteiger charge is -2.14. The van der Waals surface area contributed by atoms with Gasteiger partial charge in [0.1, 0.15) is 0 Å². The van der Waals surface area contributed by atoms with Gasteiger partial charge in [0, 0.05) is 16.7 Å². The van der Waals surface area contributed by atoms with Gasteiger partial charge < -0.3 is 9.47 Å². The van der Waals surface area contributed by atoms with E-state index < -0.39 is 10.0 Å². The summed E-state index contributed by atoms with van der Waals surface area (Å²) >= 11 is 1.74. The van der Waals surface area contributed by atoms with Crippen LogP contribution in [-0.4, -0.2) is 22.6 Å². The summed E-state index contributed by atoms with van der Waals surface area (Å²) in [5.41, 5.74) is 2.54. The van der Waals surface area contributed by atoms with Gasteiger partial charge in [-0.1, -0.05) is 30.3 Å². The summed E-state index contributed by atoms with van der Waals surface area (Å²) in [6, 6.07) is 20.4. The quantitative estimate of drug-likeness (QED) is 0.505. The summed E-state index contributed by atoms with van der Waals surface area (Å²) in [6.45, 7) is 1.89. The first-order valence-electron chi connectivity index (χ1n) is 8.95. The standard InChI is InChI=1S/C22H23NO4S2/c1-16-13-17(15-28-18-7-5-4-6-8-18)9-11-20(16)23-29(24,25)19-10-12-21(26-2)22(14-19)27-3/h4-14,23H,15H2,1-3H3. The number of anilines is 1. The first kappa shape index (κ1) is 21.1. The fraction of sp³-hybridized carbons (Fsp3) is 0.182. The molecule has 0 radical (unpaired) electrons. The summed E-state index contributed by atoms with van der Waals surface area (Å²) in [5.74, 6) is 1.65. The molecular formula is C22H23NO4S2. The fourth-order valence-electron chi connectivity index (χ4n) is 2.80. The minimum atomic E-state index is -3.75. The zero-order valence-corrected chi connectivity index (χ0v) is 18.1. The topological polar surface area (TPSA) is 64.6 Å². The highest BCUT2D eigenvalue weighted by atomic mass is 32.2. The Hall–Kier alpha value is -2.64. The molecule has 3 aromatic rings. The van der Waals surface area contributed by atoms with Gasteiger partial charge >= 0.3 is 0 Å². The van der Waals surface area contributed by atoms with Crippen molar-refractivity contribution in [3.8, 4) is 11.5 Å². The number of ether oxygens (including phenoxy) is 2. The zero-order valence-electron chi connectivity index (χ0n) is 16.5. The molecule has 5 nitrogen and oxygen atoms in total. The summed E-state index contributed by atoms with van der Waals surface area (Å²) in [6.07, 6.45) is 0. The van der Waals surface area contributed by atoms with Crippen molar-refractivity contribution in [2.75, 3.05) is 18.9 Å². The van der Waals surface area contributed by atoms with E-state index >= 15 is 0 Å². The molecule has 7 heteroatoms. The number of methoxy groups -OCH3 is 2. The van der Waals surface area contributed by atoms with Crippen LogP contribution < -0.4 is 14.2 Å². The number of nitrogens with one attached hydrogen (secondary N) is 1. The smallest absolute Gasteiger partial charge is 0.262 e. The molecule has 29 heavy (non-hydrogen) atoms. The van der Waals surface area contributed by atoms with E-state index in [0.717, 1.165) is 16.9 Å². The summed E-state index contributed by atoms with van der Waals surface area (Å²) < 4.78 is 38.6. The van der Waals surface area contributed by atoms with Gasteiger partial charge in [-0.3, -0.25) is 4.72 Å². The van der Waals surface area contributed by atoms with E-state index in [-0.39, 0.29) is 4.90 Å². The summed E-state index contributed by atoms with van der Waals surface area (Å²) in [4.78, 5) is 1.31. The minimum absolute atomic E-state index is 0.109. The Morgan fingerprint density at radius 3 is 2.28 bits per heavy atom. The van der Waals surface area contributed by atoms with Crippen molar-refractivity contribution < 1.29 is 17.9 Å². The van der Waals surface area contributed by atoms with Crippen LogP contribution in [0.1, 0.15) is 11.1 Å². The number of hydrogen-bond donors (Lipinski definition) is 1. The highest BCUT2D eigenvalue weighted by Gasteiger charge is 2.18. The van der Waals surface area contributed by atoms with Crippen LogP contribution in [0.4, 0.5) is 5.69 Å². The van der Waals surface area contributed by atoms with Crippen molar-refractivity contribution in [3.63, 3.8) is 0 Å². The molecule has 0 amide bonds. The Morgan fingerprint density at radius 1 is 0.897 bits per heavy atom. The fourth-order valence-corrected chi connectivity index (χ4v) is 4.81. The number of hydrogen-bond acceptors (Lipinski definition) is 5. The van der Waals surface area contributed by atoms with Gasteiger partial charge in [-0.15, -0.1) is 11.8 Å². The van der Waals surface area contributed by atoms with Crippen LogP contribution in [0.5, 0.6) is 11.5 Å². The molecular weight excluding hydrogens is 406 g/mol. The van der Waals surface area contributed by atoms with Gasteiger partial charge in [0.05, 0.1) is 24.8 Å². The Morgan fingerprint density at radius 2 is 1.62 bits per heavy atom. The molecule has 0 bridgehead atoms. The van der Waals surface area contributed by atoms with Gasteiger partial charge in [0.2, 0.25) is 0 Å². The molecule has 0 aromatic heterocycles. The largest absolute Gasteiger partial charge is 0.493 e. The molecule has 3 rings (SSSR count). The number of rotatable bonds is 8. The van der Waals surface area contributed by atoms with Gasteiger partial charge in [0.15, 0.2) is 11.5 Å². The van der Waals surface area contributed by atoms with Crippen molar-refractivity contribution in [2.45, 2.75) is 22.5 Å². The van der Waals surface area contributed by atoms with Gasteiger partial charge in [-0.05, 0) is 48.4 Å². The Bertz CT molecular complexity index is 1080. The van der Waals surface area contributed by atoms with Crippen molar-refractivity contribution in [1.82, 2.24) is 0 Å². The van der Waals surface area contributed by atoms with E-state index in [1.54, 1.807) is 23.9 Å². The van der Waals surface area contributed by atoms with E-state index in [0.29, 0.717) is 17.2 Å². The number of sulfonamides is 1.